The van der Waals surface area contributed by atoms with E-state index in [0.717, 1.165) is 18.8 Å². The smallest absolute Gasteiger partial charge is 1.00 e. The molecule has 1 unspecified atom stereocenters. The van der Waals surface area contributed by atoms with Crippen molar-refractivity contribution in [3.8, 4) is 0 Å². The van der Waals surface area contributed by atoms with Gasteiger partial charge in [0.25, 0.3) is 5.71 Å². The minimum Gasteiger partial charge on any atom is -1.00 e. The Morgan fingerprint density at radius 3 is 2.12 bits per heavy atom. The number of rotatable bonds is 3. The van der Waals surface area contributed by atoms with Crippen LogP contribution in [0.2, 0.25) is 0 Å². The van der Waals surface area contributed by atoms with Crippen LogP contribution in [0.5, 0.6) is 0 Å². The van der Waals surface area contributed by atoms with Gasteiger partial charge in [-0.25, -0.2) is 0 Å². The van der Waals surface area contributed by atoms with E-state index in [1.165, 1.54) is 5.70 Å². The Labute approximate surface area is 129 Å². The maximum atomic E-state index is 8.69. The van der Waals surface area contributed by atoms with E-state index in [2.05, 4.69) is 29.6 Å². The van der Waals surface area contributed by atoms with Gasteiger partial charge in [0.15, 0.2) is 0 Å². The zero-order valence-electron chi connectivity index (χ0n) is 10.5. The molecular weight excluding hydrogens is 310 g/mol. The molecule has 3 nitrogen and oxygen atoms in total. The fraction of sp³-hybridized carbons (Fsp3) is 0.545. The van der Waals surface area contributed by atoms with Gasteiger partial charge in [-0.05, 0) is 32.9 Å². The molecule has 0 aromatic rings. The minimum absolute atomic E-state index is 0. The second-order valence-corrected chi connectivity index (χ2v) is 3.41. The molecule has 0 aliphatic heterocycles. The fourth-order valence-electron chi connectivity index (χ4n) is 1.64. The van der Waals surface area contributed by atoms with Crippen LogP contribution in [0.1, 0.15) is 20.8 Å². The first kappa shape index (κ1) is 22.1. The van der Waals surface area contributed by atoms with E-state index in [1.807, 2.05) is 19.1 Å². The summed E-state index contributed by atoms with van der Waals surface area (Å²) in [4.78, 5) is 5.52. The predicted octanol–water partition coefficient (Wildman–Crippen LogP) is -3.91. The largest absolute Gasteiger partial charge is 2.00 e. The molecule has 0 saturated heterocycles. The third-order valence-electron chi connectivity index (χ3n) is 2.56. The second kappa shape index (κ2) is 11.0. The quantitative estimate of drug-likeness (QED) is 0.297. The monoisotopic (exact) mass is 325 g/mol. The first-order chi connectivity index (χ1) is 6.72. The third kappa shape index (κ3) is 5.83. The number of nitrogens with zero attached hydrogens (tertiary/aromatic N) is 3. The van der Waals surface area contributed by atoms with Crippen molar-refractivity contribution < 1.29 is 49.1 Å². The van der Waals surface area contributed by atoms with Crippen molar-refractivity contribution in [2.24, 2.45) is 5.92 Å². The summed E-state index contributed by atoms with van der Waals surface area (Å²) in [5.74, 6) is 0.195. The molecule has 17 heavy (non-hydrogen) atoms. The van der Waals surface area contributed by atoms with Crippen molar-refractivity contribution >= 4 is 5.71 Å². The molecule has 6 heteroatoms. The number of allylic oxidation sites excluding steroid dienone is 3. The van der Waals surface area contributed by atoms with Crippen LogP contribution in [0.3, 0.4) is 0 Å². The third-order valence-corrected chi connectivity index (χ3v) is 2.56. The summed E-state index contributed by atoms with van der Waals surface area (Å²) in [5.41, 5.74) is 10.6. The van der Waals surface area contributed by atoms with Crippen molar-refractivity contribution in [1.82, 2.24) is 4.90 Å². The van der Waals surface area contributed by atoms with E-state index < -0.39 is 0 Å². The molecule has 1 atom stereocenters. The van der Waals surface area contributed by atoms with Crippen molar-refractivity contribution in [3.63, 3.8) is 0 Å². The molecule has 0 N–H and O–H groups in total. The second-order valence-electron chi connectivity index (χ2n) is 3.41. The summed E-state index contributed by atoms with van der Waals surface area (Å²) in [6.45, 7) is 8.31. The van der Waals surface area contributed by atoms with Crippen LogP contribution >= 0.6 is 0 Å². The molecule has 0 bridgehead atoms. The molecule has 92 valence electrons. The summed E-state index contributed by atoms with van der Waals surface area (Å²) in [6, 6.07) is 0. The fourth-order valence-corrected chi connectivity index (χ4v) is 1.64. The maximum Gasteiger partial charge on any atom is 2.00 e. The molecule has 0 amide bonds. The van der Waals surface area contributed by atoms with Crippen molar-refractivity contribution in [3.05, 3.63) is 29.5 Å². The number of halogens is 2. The van der Waals surface area contributed by atoms with Crippen LogP contribution in [0, 0.1) is 5.92 Å². The SMILES string of the molecule is CCN(CC)C1=CC(C)C(=[N+]=[N-])C=C1.[Cl-].[Cl-].[Zn+2]. The van der Waals surface area contributed by atoms with E-state index >= 15 is 0 Å². The molecular formula is C11H17Cl2N3Zn. The van der Waals surface area contributed by atoms with Gasteiger partial charge < -0.3 is 35.2 Å². The van der Waals surface area contributed by atoms with E-state index in [9.17, 15) is 0 Å². The Hall–Kier alpha value is -0.137. The summed E-state index contributed by atoms with van der Waals surface area (Å²) in [7, 11) is 0. The van der Waals surface area contributed by atoms with Crippen LogP contribution in [0.25, 0.3) is 5.53 Å². The van der Waals surface area contributed by atoms with Crippen LogP contribution in [0.15, 0.2) is 23.9 Å². The summed E-state index contributed by atoms with van der Waals surface area (Å²) < 4.78 is 0. The van der Waals surface area contributed by atoms with Gasteiger partial charge in [0.05, 0.1) is 5.92 Å². The molecule has 1 rings (SSSR count). The normalized spacial score (nSPS) is 16.8. The van der Waals surface area contributed by atoms with Gasteiger partial charge in [-0.15, -0.1) is 0 Å². The van der Waals surface area contributed by atoms with Gasteiger partial charge in [-0.1, -0.05) is 0 Å². The van der Waals surface area contributed by atoms with E-state index in [0.29, 0.717) is 0 Å². The predicted molar refractivity (Wildman–Crippen MR) is 57.9 cm³/mol. The standard InChI is InChI=1S/C11H17N3.2ClH.Zn/c1-4-14(5-2)10-6-7-11(13-12)9(3)8-10;;;/h6-9H,4-5H2,1-3H3;2*1H;/q;;;+2/p-2. The number of likely N-dealkylation sites (N-methyl/N-ethyl adjacent to an activating group) is 1. The molecule has 1 aliphatic carbocycles. The molecule has 1 aliphatic rings. The average Bonchev–Trinajstić information content (AvgIpc) is 2.20. The molecule has 0 aromatic carbocycles. The number of hydrogen-bond acceptors (Lipinski definition) is 1. The molecule has 0 fully saturated rings. The molecule has 0 radical (unpaired) electrons. The van der Waals surface area contributed by atoms with E-state index in [1.54, 1.807) is 0 Å². The van der Waals surface area contributed by atoms with Gasteiger partial charge >= 0.3 is 19.5 Å². The first-order valence-corrected chi connectivity index (χ1v) is 5.09. The Balaban J connectivity index is -0.000000653. The topological polar surface area (TPSA) is 39.6 Å². The van der Waals surface area contributed by atoms with Crippen LogP contribution in [-0.2, 0) is 19.5 Å². The summed E-state index contributed by atoms with van der Waals surface area (Å²) in [6.07, 6.45) is 6.00. The Kier molecular flexibility index (Phi) is 14.3. The Morgan fingerprint density at radius 1 is 1.24 bits per heavy atom. The van der Waals surface area contributed by atoms with Crippen molar-refractivity contribution in [2.75, 3.05) is 13.1 Å². The maximum absolute atomic E-state index is 8.69. The zero-order valence-corrected chi connectivity index (χ0v) is 15.0. The minimum atomic E-state index is 0. The Morgan fingerprint density at radius 2 is 1.76 bits per heavy atom. The van der Waals surface area contributed by atoms with E-state index in [4.69, 9.17) is 5.53 Å². The summed E-state index contributed by atoms with van der Waals surface area (Å²) in [5, 5.41) is 0. The van der Waals surface area contributed by atoms with Gasteiger partial charge in [0.1, 0.15) is 0 Å². The van der Waals surface area contributed by atoms with Gasteiger partial charge in [0.2, 0.25) is 0 Å². The van der Waals surface area contributed by atoms with Gasteiger partial charge in [-0.2, -0.15) is 4.79 Å². The van der Waals surface area contributed by atoms with Crippen LogP contribution in [-0.4, -0.2) is 28.5 Å². The average molecular weight is 328 g/mol. The Bertz CT molecular complexity index is 319. The van der Waals surface area contributed by atoms with E-state index in [-0.39, 0.29) is 50.2 Å². The van der Waals surface area contributed by atoms with Gasteiger partial charge in [0, 0.05) is 24.9 Å². The zero-order chi connectivity index (χ0) is 10.6. The van der Waals surface area contributed by atoms with Crippen LogP contribution in [0.4, 0.5) is 0 Å². The molecule has 0 spiro atoms. The summed E-state index contributed by atoms with van der Waals surface area (Å²) >= 11 is 0. The molecule has 0 aromatic heterocycles. The van der Waals surface area contributed by atoms with Crippen molar-refractivity contribution in [2.45, 2.75) is 20.8 Å². The molecule has 0 saturated carbocycles. The first-order valence-electron chi connectivity index (χ1n) is 5.09. The van der Waals surface area contributed by atoms with Gasteiger partial charge in [-0.3, -0.25) is 0 Å². The molecule has 0 heterocycles. The number of hydrogen-bond donors (Lipinski definition) is 0. The van der Waals surface area contributed by atoms with Crippen LogP contribution < -0.4 is 24.8 Å². The van der Waals surface area contributed by atoms with Crippen molar-refractivity contribution in [1.29, 1.82) is 0 Å².